The molecule has 0 unspecified atom stereocenters. The maximum Gasteiger partial charge on any atom is 0.373 e. The minimum atomic E-state index is -1.14. The molecule has 0 atom stereocenters. The van der Waals surface area contributed by atoms with Gasteiger partial charge in [0.05, 0.1) is 6.61 Å². The van der Waals surface area contributed by atoms with Crippen LogP contribution >= 0.6 is 0 Å². The normalized spacial score (nSPS) is 10.7. The number of hydrogen-bond donors (Lipinski definition) is 1. The van der Waals surface area contributed by atoms with Crippen LogP contribution in [0.1, 0.15) is 27.4 Å². The monoisotopic (exact) mass is 261 g/mol. The number of nitrogens with zero attached hydrogens (tertiary/aromatic N) is 1. The van der Waals surface area contributed by atoms with Crippen LogP contribution in [0.4, 0.5) is 0 Å². The Morgan fingerprint density at radius 1 is 1.42 bits per heavy atom. The average Bonchev–Trinajstić information content (AvgIpc) is 2.77. The van der Waals surface area contributed by atoms with Gasteiger partial charge in [-0.15, -0.1) is 0 Å². The SMILES string of the molecule is COCc1nc(-c2cccc(C)c2C)oc1C(=O)O. The summed E-state index contributed by atoms with van der Waals surface area (Å²) >= 11 is 0. The van der Waals surface area contributed by atoms with E-state index < -0.39 is 5.97 Å². The molecule has 19 heavy (non-hydrogen) atoms. The van der Waals surface area contributed by atoms with Crippen LogP contribution in [-0.4, -0.2) is 23.2 Å². The summed E-state index contributed by atoms with van der Waals surface area (Å²) in [5, 5.41) is 9.09. The number of rotatable bonds is 4. The van der Waals surface area contributed by atoms with E-state index in [4.69, 9.17) is 14.3 Å². The Bertz CT molecular complexity index is 616. The maximum absolute atomic E-state index is 11.1. The van der Waals surface area contributed by atoms with E-state index >= 15 is 0 Å². The molecule has 0 saturated heterocycles. The van der Waals surface area contributed by atoms with Gasteiger partial charge >= 0.3 is 5.97 Å². The number of ether oxygens (including phenoxy) is 1. The first kappa shape index (κ1) is 13.3. The summed E-state index contributed by atoms with van der Waals surface area (Å²) in [5.41, 5.74) is 3.21. The molecule has 0 radical (unpaired) electrons. The molecule has 5 heteroatoms. The minimum Gasteiger partial charge on any atom is -0.475 e. The van der Waals surface area contributed by atoms with Crippen molar-refractivity contribution in [3.8, 4) is 11.5 Å². The molecular weight excluding hydrogens is 246 g/mol. The summed E-state index contributed by atoms with van der Waals surface area (Å²) < 4.78 is 10.3. The summed E-state index contributed by atoms with van der Waals surface area (Å²) in [6.45, 7) is 4.04. The summed E-state index contributed by atoms with van der Waals surface area (Å²) in [7, 11) is 1.48. The van der Waals surface area contributed by atoms with Crippen molar-refractivity contribution in [2.45, 2.75) is 20.5 Å². The van der Waals surface area contributed by atoms with Gasteiger partial charge in [0.15, 0.2) is 0 Å². The number of aromatic carboxylic acids is 1. The lowest BCUT2D eigenvalue weighted by Gasteiger charge is -2.04. The third-order valence-corrected chi connectivity index (χ3v) is 3.01. The number of carboxylic acid groups (broad SMARTS) is 1. The van der Waals surface area contributed by atoms with E-state index in [0.717, 1.165) is 16.7 Å². The highest BCUT2D eigenvalue weighted by Gasteiger charge is 2.21. The van der Waals surface area contributed by atoms with Crippen molar-refractivity contribution in [1.82, 2.24) is 4.98 Å². The van der Waals surface area contributed by atoms with Crippen LogP contribution < -0.4 is 0 Å². The zero-order valence-electron chi connectivity index (χ0n) is 11.1. The third kappa shape index (κ3) is 2.51. The van der Waals surface area contributed by atoms with Crippen LogP contribution in [0.25, 0.3) is 11.5 Å². The van der Waals surface area contributed by atoms with E-state index in [9.17, 15) is 4.79 Å². The Hall–Kier alpha value is -2.14. The topological polar surface area (TPSA) is 72.6 Å². The van der Waals surface area contributed by atoms with Crippen molar-refractivity contribution in [3.63, 3.8) is 0 Å². The maximum atomic E-state index is 11.1. The van der Waals surface area contributed by atoms with Gasteiger partial charge in [-0.1, -0.05) is 12.1 Å². The zero-order chi connectivity index (χ0) is 14.0. The fraction of sp³-hybridized carbons (Fsp3) is 0.286. The molecule has 0 aliphatic carbocycles. The largest absolute Gasteiger partial charge is 0.475 e. The van der Waals surface area contributed by atoms with Crippen LogP contribution in [0.15, 0.2) is 22.6 Å². The summed E-state index contributed by atoms with van der Waals surface area (Å²) in [6.07, 6.45) is 0. The van der Waals surface area contributed by atoms with Crippen molar-refractivity contribution in [2.24, 2.45) is 0 Å². The van der Waals surface area contributed by atoms with Crippen LogP contribution in [0.3, 0.4) is 0 Å². The average molecular weight is 261 g/mol. The second-order valence-electron chi connectivity index (χ2n) is 4.28. The lowest BCUT2D eigenvalue weighted by molar-refractivity contribution is 0.0656. The number of carbonyl (C=O) groups is 1. The molecule has 0 saturated carbocycles. The van der Waals surface area contributed by atoms with Gasteiger partial charge in [-0.25, -0.2) is 9.78 Å². The van der Waals surface area contributed by atoms with Crippen molar-refractivity contribution in [3.05, 3.63) is 40.8 Å². The molecule has 1 N–H and O–H groups in total. The van der Waals surface area contributed by atoms with Gasteiger partial charge in [-0.2, -0.15) is 0 Å². The standard InChI is InChI=1S/C14H15NO4/c1-8-5-4-6-10(9(8)2)13-15-11(7-18-3)12(19-13)14(16)17/h4-6H,7H2,1-3H3,(H,16,17). The van der Waals surface area contributed by atoms with Gasteiger partial charge in [0, 0.05) is 12.7 Å². The Kier molecular flexibility index (Phi) is 3.66. The van der Waals surface area contributed by atoms with Crippen LogP contribution in [0.2, 0.25) is 0 Å². The summed E-state index contributed by atoms with van der Waals surface area (Å²) in [4.78, 5) is 15.3. The molecule has 1 aromatic heterocycles. The van der Waals surface area contributed by atoms with Crippen molar-refractivity contribution >= 4 is 5.97 Å². The number of aromatic nitrogens is 1. The van der Waals surface area contributed by atoms with E-state index in [1.54, 1.807) is 0 Å². The predicted octanol–water partition coefficient (Wildman–Crippen LogP) is 2.80. The molecule has 100 valence electrons. The molecule has 0 amide bonds. The molecular formula is C14H15NO4. The van der Waals surface area contributed by atoms with Gasteiger partial charge in [0.1, 0.15) is 5.69 Å². The number of hydrogen-bond acceptors (Lipinski definition) is 4. The Balaban J connectivity index is 2.54. The smallest absolute Gasteiger partial charge is 0.373 e. The molecule has 5 nitrogen and oxygen atoms in total. The zero-order valence-corrected chi connectivity index (χ0v) is 11.1. The fourth-order valence-corrected chi connectivity index (χ4v) is 1.85. The molecule has 0 aliphatic heterocycles. The van der Waals surface area contributed by atoms with Crippen molar-refractivity contribution in [1.29, 1.82) is 0 Å². The van der Waals surface area contributed by atoms with E-state index in [1.807, 2.05) is 32.0 Å². The van der Waals surface area contributed by atoms with Gasteiger partial charge in [0.2, 0.25) is 11.7 Å². The third-order valence-electron chi connectivity index (χ3n) is 3.01. The molecule has 0 fully saturated rings. The Labute approximate surface area is 110 Å². The number of methoxy groups -OCH3 is 1. The van der Waals surface area contributed by atoms with Gasteiger partial charge in [-0.05, 0) is 31.0 Å². The molecule has 1 heterocycles. The van der Waals surface area contributed by atoms with E-state index in [2.05, 4.69) is 4.98 Å². The molecule has 0 aliphatic rings. The van der Waals surface area contributed by atoms with Gasteiger partial charge < -0.3 is 14.3 Å². The second-order valence-corrected chi connectivity index (χ2v) is 4.28. The fourth-order valence-electron chi connectivity index (χ4n) is 1.85. The molecule has 0 bridgehead atoms. The second kappa shape index (κ2) is 5.24. The summed E-state index contributed by atoms with van der Waals surface area (Å²) in [6, 6.07) is 5.73. The molecule has 0 spiro atoms. The lowest BCUT2D eigenvalue weighted by atomic mass is 10.0. The van der Waals surface area contributed by atoms with Crippen molar-refractivity contribution < 1.29 is 19.1 Å². The van der Waals surface area contributed by atoms with Crippen LogP contribution in [0, 0.1) is 13.8 Å². The van der Waals surface area contributed by atoms with Gasteiger partial charge in [-0.3, -0.25) is 0 Å². The first-order valence-corrected chi connectivity index (χ1v) is 5.83. The highest BCUT2D eigenvalue weighted by molar-refractivity contribution is 5.86. The van der Waals surface area contributed by atoms with E-state index in [1.165, 1.54) is 7.11 Å². The van der Waals surface area contributed by atoms with Gasteiger partial charge in [0.25, 0.3) is 0 Å². The number of oxazole rings is 1. The van der Waals surface area contributed by atoms with E-state index in [0.29, 0.717) is 11.6 Å². The highest BCUT2D eigenvalue weighted by atomic mass is 16.5. The minimum absolute atomic E-state index is 0.107. The van der Waals surface area contributed by atoms with Crippen molar-refractivity contribution in [2.75, 3.05) is 7.11 Å². The van der Waals surface area contributed by atoms with Crippen LogP contribution in [0.5, 0.6) is 0 Å². The molecule has 2 aromatic rings. The first-order valence-electron chi connectivity index (χ1n) is 5.83. The highest BCUT2D eigenvalue weighted by Crippen LogP contribution is 2.27. The number of aryl methyl sites for hydroxylation is 1. The Morgan fingerprint density at radius 2 is 2.16 bits per heavy atom. The number of carboxylic acids is 1. The quantitative estimate of drug-likeness (QED) is 0.916. The number of benzene rings is 1. The Morgan fingerprint density at radius 3 is 2.79 bits per heavy atom. The molecule has 1 aromatic carbocycles. The summed E-state index contributed by atoms with van der Waals surface area (Å²) in [5.74, 6) is -1.00. The van der Waals surface area contributed by atoms with E-state index in [-0.39, 0.29) is 12.4 Å². The molecule has 2 rings (SSSR count). The predicted molar refractivity (Wildman–Crippen MR) is 69.1 cm³/mol. The lowest BCUT2D eigenvalue weighted by Crippen LogP contribution is -2.00. The van der Waals surface area contributed by atoms with Crippen LogP contribution in [-0.2, 0) is 11.3 Å². The first-order chi connectivity index (χ1) is 9.04.